The van der Waals surface area contributed by atoms with Gasteiger partial charge in [0.1, 0.15) is 11.4 Å². The standard InChI is InChI=1S/C19H20N2O3S.CH4/c20-25(22,23)15-7-5-14(6-8-15)17-13-19(9-11-21-12-10-19)24-18-4-2-1-3-16(17)18;/h1-8,13,21H,9-12H2,(H2,20,22,23);1H4. The normalized spacial score (nSPS) is 18.3. The maximum atomic E-state index is 11.5. The molecule has 5 nitrogen and oxygen atoms in total. The number of ether oxygens (including phenoxy) is 1. The summed E-state index contributed by atoms with van der Waals surface area (Å²) < 4.78 is 29.4. The number of piperidine rings is 1. The summed E-state index contributed by atoms with van der Waals surface area (Å²) in [6.45, 7) is 1.83. The van der Waals surface area contributed by atoms with Crippen LogP contribution in [0.4, 0.5) is 0 Å². The second-order valence-electron chi connectivity index (χ2n) is 6.54. The zero-order chi connectivity index (χ0) is 17.5. The van der Waals surface area contributed by atoms with Crippen LogP contribution in [0.2, 0.25) is 0 Å². The highest BCUT2D eigenvalue weighted by Gasteiger charge is 2.36. The molecule has 0 saturated carbocycles. The van der Waals surface area contributed by atoms with Crippen LogP contribution in [0.3, 0.4) is 0 Å². The highest BCUT2D eigenvalue weighted by molar-refractivity contribution is 7.89. The molecule has 0 bridgehead atoms. The molecule has 0 amide bonds. The number of nitrogens with one attached hydrogen (secondary N) is 1. The van der Waals surface area contributed by atoms with E-state index >= 15 is 0 Å². The summed E-state index contributed by atoms with van der Waals surface area (Å²) in [7, 11) is -3.69. The number of primary sulfonamides is 1. The molecule has 2 aliphatic heterocycles. The maximum absolute atomic E-state index is 11.5. The van der Waals surface area contributed by atoms with Gasteiger partial charge in [-0.15, -0.1) is 0 Å². The Morgan fingerprint density at radius 1 is 1.00 bits per heavy atom. The third-order valence-corrected chi connectivity index (χ3v) is 5.77. The summed E-state index contributed by atoms with van der Waals surface area (Å²) in [5.41, 5.74) is 2.74. The molecule has 6 heteroatoms. The van der Waals surface area contributed by atoms with Gasteiger partial charge in [0.2, 0.25) is 10.0 Å². The van der Waals surface area contributed by atoms with Crippen molar-refractivity contribution in [3.05, 3.63) is 65.7 Å². The van der Waals surface area contributed by atoms with Gasteiger partial charge < -0.3 is 10.1 Å². The van der Waals surface area contributed by atoms with E-state index in [0.29, 0.717) is 0 Å². The Kier molecular flexibility index (Phi) is 4.92. The van der Waals surface area contributed by atoms with Crippen molar-refractivity contribution in [1.29, 1.82) is 0 Å². The lowest BCUT2D eigenvalue weighted by atomic mass is 9.83. The Bertz CT molecular complexity index is 928. The van der Waals surface area contributed by atoms with E-state index in [1.165, 1.54) is 0 Å². The fraction of sp³-hybridized carbons (Fsp3) is 0.300. The number of fused-ring (bicyclic) bond motifs is 1. The first kappa shape index (κ1) is 18.6. The lowest BCUT2D eigenvalue weighted by Crippen LogP contribution is -2.46. The van der Waals surface area contributed by atoms with Crippen LogP contribution in [0.1, 0.15) is 31.4 Å². The van der Waals surface area contributed by atoms with Crippen LogP contribution in [-0.2, 0) is 10.0 Å². The Hall–Kier alpha value is -2.15. The van der Waals surface area contributed by atoms with E-state index in [4.69, 9.17) is 9.88 Å². The third-order valence-electron chi connectivity index (χ3n) is 4.84. The number of benzene rings is 2. The van der Waals surface area contributed by atoms with Gasteiger partial charge in [0.15, 0.2) is 0 Å². The Labute approximate surface area is 154 Å². The van der Waals surface area contributed by atoms with Gasteiger partial charge in [0.25, 0.3) is 0 Å². The van der Waals surface area contributed by atoms with Crippen molar-refractivity contribution < 1.29 is 13.2 Å². The minimum atomic E-state index is -3.69. The molecule has 0 aliphatic carbocycles. The Balaban J connectivity index is 0.00000196. The van der Waals surface area contributed by atoms with Gasteiger partial charge in [0, 0.05) is 18.4 Å². The summed E-state index contributed by atoms with van der Waals surface area (Å²) in [6, 6.07) is 14.7. The van der Waals surface area contributed by atoms with Crippen LogP contribution >= 0.6 is 0 Å². The van der Waals surface area contributed by atoms with Crippen molar-refractivity contribution in [3.8, 4) is 5.75 Å². The molecule has 1 spiro atoms. The second kappa shape index (κ2) is 6.87. The molecule has 0 radical (unpaired) electrons. The van der Waals surface area contributed by atoms with E-state index in [1.807, 2.05) is 36.4 Å². The average Bonchev–Trinajstić information content (AvgIpc) is 2.61. The third kappa shape index (κ3) is 3.40. The van der Waals surface area contributed by atoms with Crippen molar-refractivity contribution in [2.45, 2.75) is 30.8 Å². The molecule has 0 atom stereocenters. The zero-order valence-corrected chi connectivity index (χ0v) is 14.6. The van der Waals surface area contributed by atoms with Crippen molar-refractivity contribution in [2.24, 2.45) is 5.14 Å². The fourth-order valence-electron chi connectivity index (χ4n) is 3.53. The number of nitrogens with two attached hydrogens (primary N) is 1. The molecule has 1 saturated heterocycles. The highest BCUT2D eigenvalue weighted by Crippen LogP contribution is 2.42. The maximum Gasteiger partial charge on any atom is 0.238 e. The van der Waals surface area contributed by atoms with E-state index in [1.54, 1.807) is 12.1 Å². The van der Waals surface area contributed by atoms with Gasteiger partial charge >= 0.3 is 0 Å². The van der Waals surface area contributed by atoms with Gasteiger partial charge in [-0.25, -0.2) is 13.6 Å². The van der Waals surface area contributed by atoms with E-state index in [-0.39, 0.29) is 17.9 Å². The van der Waals surface area contributed by atoms with E-state index in [9.17, 15) is 8.42 Å². The molecular formula is C20H24N2O3S. The largest absolute Gasteiger partial charge is 0.482 e. The minimum absolute atomic E-state index is 0. The minimum Gasteiger partial charge on any atom is -0.482 e. The first-order valence-corrected chi connectivity index (χ1v) is 9.87. The molecule has 2 aromatic carbocycles. The summed E-state index contributed by atoms with van der Waals surface area (Å²) >= 11 is 0. The first-order valence-electron chi connectivity index (χ1n) is 8.32. The van der Waals surface area contributed by atoms with Gasteiger partial charge in [-0.3, -0.25) is 0 Å². The number of rotatable bonds is 2. The molecule has 26 heavy (non-hydrogen) atoms. The van der Waals surface area contributed by atoms with Crippen molar-refractivity contribution in [1.82, 2.24) is 5.32 Å². The topological polar surface area (TPSA) is 81.4 Å². The van der Waals surface area contributed by atoms with Crippen LogP contribution in [-0.4, -0.2) is 27.1 Å². The summed E-state index contributed by atoms with van der Waals surface area (Å²) in [4.78, 5) is 0.119. The van der Waals surface area contributed by atoms with Crippen LogP contribution in [0.15, 0.2) is 59.5 Å². The second-order valence-corrected chi connectivity index (χ2v) is 8.10. The summed E-state index contributed by atoms with van der Waals surface area (Å²) in [6.07, 6.45) is 4.00. The van der Waals surface area contributed by atoms with Crippen LogP contribution in [0.5, 0.6) is 5.75 Å². The molecule has 4 rings (SSSR count). The molecule has 1 fully saturated rings. The zero-order valence-electron chi connectivity index (χ0n) is 13.7. The van der Waals surface area contributed by atoms with Crippen LogP contribution in [0, 0.1) is 0 Å². The smallest absolute Gasteiger partial charge is 0.238 e. The van der Waals surface area contributed by atoms with Crippen molar-refractivity contribution >= 4 is 15.6 Å². The molecule has 2 aromatic rings. The van der Waals surface area contributed by atoms with E-state index in [0.717, 1.165) is 48.4 Å². The lowest BCUT2D eigenvalue weighted by Gasteiger charge is -2.40. The van der Waals surface area contributed by atoms with Crippen LogP contribution in [0.25, 0.3) is 5.57 Å². The Morgan fingerprint density at radius 2 is 1.65 bits per heavy atom. The molecular weight excluding hydrogens is 348 g/mol. The SMILES string of the molecule is C.NS(=O)(=O)c1ccc(C2=CC3(CCNCC3)Oc3ccccc32)cc1. The predicted octanol–water partition coefficient (Wildman–Crippen LogP) is 2.92. The summed E-state index contributed by atoms with van der Waals surface area (Å²) in [5, 5.41) is 8.57. The molecule has 2 aliphatic rings. The summed E-state index contributed by atoms with van der Waals surface area (Å²) in [5.74, 6) is 0.873. The van der Waals surface area contributed by atoms with Gasteiger partial charge in [-0.05, 0) is 48.5 Å². The van der Waals surface area contributed by atoms with Crippen molar-refractivity contribution in [3.63, 3.8) is 0 Å². The van der Waals surface area contributed by atoms with E-state index < -0.39 is 10.0 Å². The fourth-order valence-corrected chi connectivity index (χ4v) is 4.04. The number of para-hydroxylation sites is 1. The van der Waals surface area contributed by atoms with Crippen molar-refractivity contribution in [2.75, 3.05) is 13.1 Å². The first-order chi connectivity index (χ1) is 12.0. The molecule has 0 aromatic heterocycles. The number of hydrogen-bond acceptors (Lipinski definition) is 4. The average molecular weight is 372 g/mol. The predicted molar refractivity (Wildman–Crippen MR) is 104 cm³/mol. The highest BCUT2D eigenvalue weighted by atomic mass is 32.2. The number of sulfonamides is 1. The van der Waals surface area contributed by atoms with Gasteiger partial charge in [-0.1, -0.05) is 37.8 Å². The molecule has 0 unspecified atom stereocenters. The van der Waals surface area contributed by atoms with Crippen LogP contribution < -0.4 is 15.2 Å². The quantitative estimate of drug-likeness (QED) is 0.849. The van der Waals surface area contributed by atoms with Gasteiger partial charge in [0.05, 0.1) is 4.90 Å². The molecule has 3 N–H and O–H groups in total. The lowest BCUT2D eigenvalue weighted by molar-refractivity contribution is 0.0817. The molecule has 138 valence electrons. The Morgan fingerprint density at radius 3 is 2.31 bits per heavy atom. The monoisotopic (exact) mass is 372 g/mol. The van der Waals surface area contributed by atoms with Gasteiger partial charge in [-0.2, -0.15) is 0 Å². The van der Waals surface area contributed by atoms with E-state index in [2.05, 4.69) is 11.4 Å². The number of hydrogen-bond donors (Lipinski definition) is 2. The molecule has 2 heterocycles.